The van der Waals surface area contributed by atoms with E-state index < -0.39 is 29.2 Å². The maximum Gasteiger partial charge on any atom is 0.352 e. The molecule has 0 saturated carbocycles. The topological polar surface area (TPSA) is 196 Å². The van der Waals surface area contributed by atoms with Gasteiger partial charge in [0.05, 0.1) is 5.70 Å². The van der Waals surface area contributed by atoms with Crippen LogP contribution in [-0.2, 0) is 30.6 Å². The number of hydrogen-bond donors (Lipinski definition) is 4. The van der Waals surface area contributed by atoms with Crippen molar-refractivity contribution < 1.29 is 29.1 Å². The molecule has 1 aromatic heterocycles. The zero-order chi connectivity index (χ0) is 27.2. The fraction of sp³-hybridized carbons (Fsp3) is 0.368. The van der Waals surface area contributed by atoms with E-state index in [1.165, 1.54) is 43.0 Å². The number of hydrazine groups is 2. The minimum atomic E-state index is -1.26. The average molecular weight is 581 g/mol. The zero-order valence-corrected chi connectivity index (χ0v) is 22.0. The van der Waals surface area contributed by atoms with Gasteiger partial charge < -0.3 is 15.3 Å². The minimum absolute atomic E-state index is 0.136. The third-order valence-corrected chi connectivity index (χ3v) is 8.21. The van der Waals surface area contributed by atoms with Gasteiger partial charge in [-0.25, -0.2) is 9.48 Å². The Morgan fingerprint density at radius 1 is 1.50 bits per heavy atom. The number of carboxylic acids is 1. The van der Waals surface area contributed by atoms with E-state index in [1.807, 2.05) is 0 Å². The highest BCUT2D eigenvalue weighted by Gasteiger charge is 2.54. The van der Waals surface area contributed by atoms with Crippen molar-refractivity contribution in [2.75, 3.05) is 18.1 Å². The summed E-state index contributed by atoms with van der Waals surface area (Å²) in [6.45, 7) is 2.03. The Morgan fingerprint density at radius 3 is 3.03 bits per heavy atom. The number of carbonyl (C=O) groups is 4. The van der Waals surface area contributed by atoms with Crippen molar-refractivity contribution in [1.82, 2.24) is 45.8 Å². The predicted octanol–water partition coefficient (Wildman–Crippen LogP) is -1.50. The number of thioether (sulfide) groups is 2. The maximum absolute atomic E-state index is 13.1. The third kappa shape index (κ3) is 5.57. The number of β-lactam (4-membered cyclic amide) rings is 1. The lowest BCUT2D eigenvalue weighted by atomic mass is 10.0. The lowest BCUT2D eigenvalue weighted by molar-refractivity contribution is -0.150. The number of oxime groups is 1. The number of nitrogens with one attached hydrogen (secondary N) is 3. The lowest BCUT2D eigenvalue weighted by Gasteiger charge is -2.49. The molecule has 0 radical (unpaired) electrons. The van der Waals surface area contributed by atoms with E-state index in [1.54, 1.807) is 6.92 Å². The van der Waals surface area contributed by atoms with Gasteiger partial charge in [0.2, 0.25) is 11.6 Å². The van der Waals surface area contributed by atoms with Crippen LogP contribution >= 0.6 is 35.5 Å². The van der Waals surface area contributed by atoms with E-state index in [4.69, 9.17) is 11.3 Å². The van der Waals surface area contributed by atoms with E-state index in [9.17, 15) is 24.3 Å². The summed E-state index contributed by atoms with van der Waals surface area (Å²) in [5, 5.41) is 28.9. The molecule has 4 N–H and O–H groups in total. The molecule has 3 aliphatic heterocycles. The summed E-state index contributed by atoms with van der Waals surface area (Å²) in [5.74, 6) is 0.416. The molecule has 16 nitrogen and oxygen atoms in total. The van der Waals surface area contributed by atoms with Gasteiger partial charge in [-0.3, -0.25) is 30.1 Å². The van der Waals surface area contributed by atoms with Crippen molar-refractivity contribution in [1.29, 1.82) is 0 Å². The van der Waals surface area contributed by atoms with Crippen LogP contribution in [0.5, 0.6) is 0 Å². The monoisotopic (exact) mass is 580 g/mol. The summed E-state index contributed by atoms with van der Waals surface area (Å²) in [7, 11) is 0. The Labute approximate surface area is 228 Å². The molecule has 1 saturated heterocycles. The van der Waals surface area contributed by atoms with Gasteiger partial charge in [-0.2, -0.15) is 0 Å². The lowest BCUT2D eigenvalue weighted by Crippen LogP contribution is -2.71. The molecule has 3 amide bonds. The van der Waals surface area contributed by atoms with E-state index in [2.05, 4.69) is 42.8 Å². The second kappa shape index (κ2) is 12.2. The fourth-order valence-corrected chi connectivity index (χ4v) is 6.46. The van der Waals surface area contributed by atoms with Gasteiger partial charge >= 0.3 is 5.97 Å². The standard InChI is InChI=1S/C19H20N10O6S3/c1-3-5-27-19(22-25-26-27)37-7-10-6-36-17-13(16(32)28(17)14(10)18(33)34)21-15(31)12(24-35-4-2)11-8-38-29(23-11)20-9-30/h1,8-9,13,17,23H,4-7H2,2H3,(H,20,30)(H,21,31)(H,33,34)/b24-12-/t13?,17-/m1/s1. The molecule has 19 heteroatoms. The number of fused-ring (bicyclic) bond motifs is 1. The molecule has 2 atom stereocenters. The molecule has 0 aromatic carbocycles. The highest BCUT2D eigenvalue weighted by Crippen LogP contribution is 2.41. The first-order valence-electron chi connectivity index (χ1n) is 10.8. The predicted molar refractivity (Wildman–Crippen MR) is 136 cm³/mol. The summed E-state index contributed by atoms with van der Waals surface area (Å²) in [4.78, 5) is 55.1. The summed E-state index contributed by atoms with van der Waals surface area (Å²) in [5.41, 5.74) is 5.56. The second-order valence-electron chi connectivity index (χ2n) is 7.38. The summed E-state index contributed by atoms with van der Waals surface area (Å²) in [6, 6.07) is -0.982. The van der Waals surface area contributed by atoms with Gasteiger partial charge in [-0.15, -0.1) is 23.3 Å². The summed E-state index contributed by atoms with van der Waals surface area (Å²) >= 11 is 3.57. The first-order valence-corrected chi connectivity index (χ1v) is 13.6. The molecule has 38 heavy (non-hydrogen) atoms. The normalized spacial score (nSPS) is 21.1. The molecule has 0 spiro atoms. The Balaban J connectivity index is 1.46. The Hall–Kier alpha value is -3.73. The Bertz CT molecular complexity index is 1270. The van der Waals surface area contributed by atoms with Crippen LogP contribution in [0.2, 0.25) is 0 Å². The van der Waals surface area contributed by atoms with Crippen LogP contribution in [-0.4, -0.2) is 94.2 Å². The number of rotatable bonds is 12. The van der Waals surface area contributed by atoms with E-state index in [0.717, 1.165) is 11.9 Å². The molecule has 1 fully saturated rings. The molecule has 1 unspecified atom stereocenters. The number of terminal acetylenes is 1. The largest absolute Gasteiger partial charge is 0.477 e. The third-order valence-electron chi connectivity index (χ3n) is 5.08. The van der Waals surface area contributed by atoms with E-state index in [0.29, 0.717) is 22.9 Å². The molecule has 3 aliphatic rings. The van der Waals surface area contributed by atoms with Crippen molar-refractivity contribution in [3.05, 3.63) is 22.4 Å². The molecular formula is C19H20N10O6S3. The van der Waals surface area contributed by atoms with Crippen molar-refractivity contribution in [2.45, 2.75) is 30.0 Å². The van der Waals surface area contributed by atoms with Crippen LogP contribution in [0.4, 0.5) is 0 Å². The number of nitrogens with zero attached hydrogens (tertiary/aromatic N) is 7. The summed E-state index contributed by atoms with van der Waals surface area (Å²) < 4.78 is 2.65. The number of aromatic nitrogens is 4. The zero-order valence-electron chi connectivity index (χ0n) is 19.6. The average Bonchev–Trinajstić information content (AvgIpc) is 3.55. The van der Waals surface area contributed by atoms with Crippen molar-refractivity contribution in [3.63, 3.8) is 0 Å². The van der Waals surface area contributed by atoms with Gasteiger partial charge in [0, 0.05) is 16.9 Å². The smallest absolute Gasteiger partial charge is 0.352 e. The molecule has 0 aliphatic carbocycles. The first kappa shape index (κ1) is 27.3. The van der Waals surface area contributed by atoms with Gasteiger partial charge in [0.15, 0.2) is 5.71 Å². The number of carboxylic acid groups (broad SMARTS) is 1. The van der Waals surface area contributed by atoms with E-state index in [-0.39, 0.29) is 36.0 Å². The highest BCUT2D eigenvalue weighted by molar-refractivity contribution is 8.01. The van der Waals surface area contributed by atoms with Crippen LogP contribution in [0.1, 0.15) is 6.92 Å². The quantitative estimate of drug-likeness (QED) is 0.0424. The molecule has 200 valence electrons. The highest BCUT2D eigenvalue weighted by atomic mass is 32.2. The first-order chi connectivity index (χ1) is 18.4. The van der Waals surface area contributed by atoms with Gasteiger partial charge in [0.1, 0.15) is 30.3 Å². The van der Waals surface area contributed by atoms with Crippen molar-refractivity contribution >= 4 is 65.4 Å². The molecule has 1 aromatic rings. The van der Waals surface area contributed by atoms with Gasteiger partial charge in [0.25, 0.3) is 11.8 Å². The number of amides is 3. The fourth-order valence-electron chi connectivity index (χ4n) is 3.47. The Kier molecular flexibility index (Phi) is 8.77. The van der Waals surface area contributed by atoms with Crippen LogP contribution in [0.15, 0.2) is 32.7 Å². The maximum atomic E-state index is 13.1. The minimum Gasteiger partial charge on any atom is -0.477 e. The number of hydrogen-bond acceptors (Lipinski definition) is 14. The van der Waals surface area contributed by atoms with Crippen LogP contribution < -0.4 is 16.2 Å². The molecule has 0 bridgehead atoms. The van der Waals surface area contributed by atoms with Crippen molar-refractivity contribution in [2.24, 2.45) is 5.16 Å². The molecule has 4 rings (SSSR count). The van der Waals surface area contributed by atoms with Gasteiger partial charge in [-0.1, -0.05) is 27.4 Å². The van der Waals surface area contributed by atoms with Crippen LogP contribution in [0, 0.1) is 12.3 Å². The molecular weight excluding hydrogens is 560 g/mol. The number of tetrazole rings is 1. The van der Waals surface area contributed by atoms with E-state index >= 15 is 0 Å². The number of aliphatic carboxylic acids is 1. The Morgan fingerprint density at radius 2 is 2.32 bits per heavy atom. The van der Waals surface area contributed by atoms with Crippen molar-refractivity contribution in [3.8, 4) is 12.3 Å². The number of carbonyl (C=O) groups excluding carboxylic acids is 3. The van der Waals surface area contributed by atoms with Gasteiger partial charge in [-0.05, 0) is 34.9 Å². The summed E-state index contributed by atoms with van der Waals surface area (Å²) in [6.07, 6.45) is 5.75. The SMILES string of the molecule is C#CCn1nnnc1SCC1=C(C(=O)O)N2C(=O)C(NC(=O)/C(=N\OCC)C3=CSN(NC=O)N3)[C@H]2SC1. The van der Waals surface area contributed by atoms with Crippen LogP contribution in [0.25, 0.3) is 0 Å². The second-order valence-corrected chi connectivity index (χ2v) is 10.2. The van der Waals surface area contributed by atoms with Crippen LogP contribution in [0.3, 0.4) is 0 Å². The molecule has 4 heterocycles.